The number of amides is 1. The standard InChI is InChI=1S/C28H32N4O3S.2ClH/c1-16(2)12-22-21(15-30)25(19-10-8-18(14-29)9-11-19)26(17(3)31-22)32-28(35)36-23-7-5-4-6-20(23)13-24(36)27(33)34;;/h4-11,13,16,36H,12,14-15,29-30H2,1-3H3,(H,32,35)(H,33,34);2*1H. The second-order valence-electron chi connectivity index (χ2n) is 9.23. The number of benzene rings is 2. The van der Waals surface area contributed by atoms with Crippen molar-refractivity contribution < 1.29 is 14.7 Å². The number of hydrogen-bond acceptors (Lipinski definition) is 5. The van der Waals surface area contributed by atoms with Gasteiger partial charge in [-0.05, 0) is 53.7 Å². The lowest BCUT2D eigenvalue weighted by Gasteiger charge is -2.24. The van der Waals surface area contributed by atoms with Gasteiger partial charge >= 0.3 is 5.97 Å². The molecule has 7 nitrogen and oxygen atoms in total. The van der Waals surface area contributed by atoms with E-state index in [1.54, 1.807) is 6.08 Å². The number of carboxylic acid groups (broad SMARTS) is 1. The molecule has 2 heterocycles. The van der Waals surface area contributed by atoms with Crippen LogP contribution in [0, 0.1) is 12.8 Å². The van der Waals surface area contributed by atoms with Crippen molar-refractivity contribution in [2.45, 2.75) is 45.2 Å². The van der Waals surface area contributed by atoms with Crippen LogP contribution in [0.3, 0.4) is 0 Å². The van der Waals surface area contributed by atoms with Crippen LogP contribution in [0.5, 0.6) is 0 Å². The number of hydrogen-bond donors (Lipinski definition) is 5. The van der Waals surface area contributed by atoms with Gasteiger partial charge in [0.25, 0.3) is 5.24 Å². The van der Waals surface area contributed by atoms with Crippen LogP contribution in [0.25, 0.3) is 17.2 Å². The topological polar surface area (TPSA) is 131 Å². The maximum Gasteiger partial charge on any atom is 0.341 e. The maximum absolute atomic E-state index is 13.7. The van der Waals surface area contributed by atoms with Crippen LogP contribution < -0.4 is 16.8 Å². The Morgan fingerprint density at radius 2 is 1.68 bits per heavy atom. The molecule has 0 saturated heterocycles. The second kappa shape index (κ2) is 13.3. The first-order valence-electron chi connectivity index (χ1n) is 11.9. The number of halogens is 2. The molecular formula is C28H34Cl2N4O3S. The van der Waals surface area contributed by atoms with E-state index < -0.39 is 16.9 Å². The zero-order valence-corrected chi connectivity index (χ0v) is 24.1. The molecule has 10 heteroatoms. The maximum atomic E-state index is 13.7. The third-order valence-electron chi connectivity index (χ3n) is 6.21. The first-order valence-corrected chi connectivity index (χ1v) is 13.3. The smallest absolute Gasteiger partial charge is 0.341 e. The Kier molecular flexibility index (Phi) is 10.9. The van der Waals surface area contributed by atoms with E-state index in [0.29, 0.717) is 23.8 Å². The number of nitrogens with one attached hydrogen (secondary N) is 1. The summed E-state index contributed by atoms with van der Waals surface area (Å²) in [5.41, 5.74) is 18.5. The minimum atomic E-state index is -1.75. The summed E-state index contributed by atoms with van der Waals surface area (Å²) in [5, 5.41) is 12.6. The Balaban J connectivity index is 0.00000253. The van der Waals surface area contributed by atoms with E-state index in [-0.39, 0.29) is 41.5 Å². The molecule has 3 aromatic rings. The Morgan fingerprint density at radius 1 is 1.03 bits per heavy atom. The van der Waals surface area contributed by atoms with E-state index in [4.69, 9.17) is 16.5 Å². The average molecular weight is 578 g/mol. The van der Waals surface area contributed by atoms with E-state index >= 15 is 0 Å². The normalized spacial score (nSPS) is 14.7. The Bertz CT molecular complexity index is 1360. The van der Waals surface area contributed by atoms with Crippen molar-refractivity contribution >= 4 is 58.7 Å². The lowest BCUT2D eigenvalue weighted by molar-refractivity contribution is -0.131. The number of nitrogens with zero attached hydrogens (tertiary/aromatic N) is 1. The minimum Gasteiger partial charge on any atom is -0.477 e. The fourth-order valence-corrected chi connectivity index (χ4v) is 6.56. The molecule has 38 heavy (non-hydrogen) atoms. The molecule has 0 radical (unpaired) electrons. The van der Waals surface area contributed by atoms with E-state index in [1.807, 2.05) is 55.5 Å². The van der Waals surface area contributed by atoms with Gasteiger partial charge in [0.15, 0.2) is 0 Å². The van der Waals surface area contributed by atoms with Crippen LogP contribution in [0.15, 0.2) is 58.3 Å². The molecule has 0 bridgehead atoms. The Hall–Kier alpha value is -2.88. The number of fused-ring (bicyclic) bond motifs is 1. The number of carboxylic acids is 1. The molecule has 0 spiro atoms. The van der Waals surface area contributed by atoms with Gasteiger partial charge < -0.3 is 21.9 Å². The Morgan fingerprint density at radius 3 is 2.26 bits per heavy atom. The predicted molar refractivity (Wildman–Crippen MR) is 162 cm³/mol. The number of thiol groups is 1. The lowest BCUT2D eigenvalue weighted by Crippen LogP contribution is -2.18. The van der Waals surface area contributed by atoms with Gasteiger partial charge in [0.05, 0.1) is 16.3 Å². The van der Waals surface area contributed by atoms with Gasteiger partial charge in [-0.15, -0.1) is 35.7 Å². The van der Waals surface area contributed by atoms with Gasteiger partial charge in [0.2, 0.25) is 0 Å². The van der Waals surface area contributed by atoms with Crippen molar-refractivity contribution in [3.63, 3.8) is 0 Å². The highest BCUT2D eigenvalue weighted by molar-refractivity contribution is 8.34. The Labute approximate surface area is 238 Å². The summed E-state index contributed by atoms with van der Waals surface area (Å²) < 4.78 is 0. The van der Waals surface area contributed by atoms with Gasteiger partial charge in [-0.2, -0.15) is 0 Å². The summed E-state index contributed by atoms with van der Waals surface area (Å²) in [6.45, 7) is 6.80. The summed E-state index contributed by atoms with van der Waals surface area (Å²) >= 11 is 0. The minimum absolute atomic E-state index is 0. The van der Waals surface area contributed by atoms with Crippen LogP contribution in [0.1, 0.15) is 41.9 Å². The van der Waals surface area contributed by atoms with Crippen LogP contribution in [-0.4, -0.2) is 21.3 Å². The monoisotopic (exact) mass is 576 g/mol. The van der Waals surface area contributed by atoms with Crippen LogP contribution in [0.2, 0.25) is 0 Å². The number of aliphatic carboxylic acids is 1. The van der Waals surface area contributed by atoms with Crippen molar-refractivity contribution in [2.24, 2.45) is 17.4 Å². The van der Waals surface area contributed by atoms with E-state index in [1.165, 1.54) is 0 Å². The molecule has 0 saturated carbocycles. The number of pyridine rings is 1. The zero-order chi connectivity index (χ0) is 26.0. The molecule has 1 atom stereocenters. The van der Waals surface area contributed by atoms with Crippen LogP contribution >= 0.6 is 35.7 Å². The molecule has 204 valence electrons. The lowest BCUT2D eigenvalue weighted by atomic mass is 9.92. The first-order chi connectivity index (χ1) is 17.2. The van der Waals surface area contributed by atoms with E-state index in [2.05, 4.69) is 19.2 Å². The highest BCUT2D eigenvalue weighted by Crippen LogP contribution is 2.53. The van der Waals surface area contributed by atoms with E-state index in [9.17, 15) is 14.7 Å². The molecule has 6 N–H and O–H groups in total. The highest BCUT2D eigenvalue weighted by atomic mass is 35.5. The fraction of sp³-hybridized carbons (Fsp3) is 0.250. The third-order valence-corrected chi connectivity index (χ3v) is 8.42. The molecule has 0 aliphatic carbocycles. The number of nitrogens with two attached hydrogens (primary N) is 2. The number of rotatable bonds is 7. The fourth-order valence-electron chi connectivity index (χ4n) is 4.55. The van der Waals surface area contributed by atoms with Crippen molar-refractivity contribution in [1.82, 2.24) is 4.98 Å². The molecular weight excluding hydrogens is 543 g/mol. The average Bonchev–Trinajstić information content (AvgIpc) is 3.25. The highest BCUT2D eigenvalue weighted by Gasteiger charge is 2.33. The number of carbonyl (C=O) groups is 2. The summed E-state index contributed by atoms with van der Waals surface area (Å²) in [5.74, 6) is -0.716. The quantitative estimate of drug-likeness (QED) is 0.217. The largest absolute Gasteiger partial charge is 0.477 e. The summed E-state index contributed by atoms with van der Waals surface area (Å²) in [7, 11) is -1.75. The molecule has 1 aliphatic heterocycles. The van der Waals surface area contributed by atoms with Crippen molar-refractivity contribution in [3.05, 3.63) is 81.5 Å². The van der Waals surface area contributed by atoms with Crippen molar-refractivity contribution in [1.29, 1.82) is 0 Å². The van der Waals surface area contributed by atoms with E-state index in [0.717, 1.165) is 44.8 Å². The molecule has 2 aromatic carbocycles. The molecule has 0 fully saturated rings. The van der Waals surface area contributed by atoms with Crippen LogP contribution in [0.4, 0.5) is 10.5 Å². The summed E-state index contributed by atoms with van der Waals surface area (Å²) in [6, 6.07) is 15.2. The predicted octanol–water partition coefficient (Wildman–Crippen LogP) is 6.05. The van der Waals surface area contributed by atoms with Gasteiger partial charge in [-0.1, -0.05) is 56.3 Å². The summed E-state index contributed by atoms with van der Waals surface area (Å²) in [4.78, 5) is 31.4. The molecule has 1 aromatic heterocycles. The molecule has 4 rings (SSSR count). The number of anilines is 1. The number of aryl methyl sites for hydroxylation is 1. The summed E-state index contributed by atoms with van der Waals surface area (Å²) in [6.07, 6.45) is 2.35. The first kappa shape index (κ1) is 31.3. The van der Waals surface area contributed by atoms with Gasteiger partial charge in [-0.25, -0.2) is 4.79 Å². The molecule has 1 aliphatic rings. The van der Waals surface area contributed by atoms with Gasteiger partial charge in [0, 0.05) is 29.2 Å². The van der Waals surface area contributed by atoms with Gasteiger partial charge in [-0.3, -0.25) is 9.78 Å². The number of carbonyl (C=O) groups excluding carboxylic acids is 1. The van der Waals surface area contributed by atoms with Crippen molar-refractivity contribution in [2.75, 3.05) is 5.32 Å². The molecule has 1 amide bonds. The zero-order valence-electron chi connectivity index (χ0n) is 21.5. The van der Waals surface area contributed by atoms with Gasteiger partial charge in [0.1, 0.15) is 0 Å². The number of aromatic nitrogens is 1. The second-order valence-corrected chi connectivity index (χ2v) is 11.3. The third kappa shape index (κ3) is 6.22. The van der Waals surface area contributed by atoms with Crippen LogP contribution in [-0.2, 0) is 24.3 Å². The van der Waals surface area contributed by atoms with Crippen molar-refractivity contribution in [3.8, 4) is 11.1 Å². The SMILES string of the molecule is Cc1nc(CC(C)C)c(CN)c(-c2ccc(CN)cc2)c1NC(=O)[SH]1C(C(=O)O)=Cc2ccccc21.Cl.Cl. The molecule has 1 unspecified atom stereocenters.